The van der Waals surface area contributed by atoms with Crippen molar-refractivity contribution in [2.24, 2.45) is 0 Å². The molecule has 4 nitrogen and oxygen atoms in total. The highest BCUT2D eigenvalue weighted by Gasteiger charge is 2.28. The molecule has 1 heterocycles. The number of carbonyl (C=O) groups excluding carboxylic acids is 2. The highest BCUT2D eigenvalue weighted by Crippen LogP contribution is 2.30. The molecule has 23 heavy (non-hydrogen) atoms. The van der Waals surface area contributed by atoms with E-state index in [0.29, 0.717) is 24.1 Å². The van der Waals surface area contributed by atoms with Crippen LogP contribution in [-0.2, 0) is 11.2 Å². The van der Waals surface area contributed by atoms with Crippen molar-refractivity contribution >= 4 is 11.9 Å². The molecule has 1 amide bonds. The summed E-state index contributed by atoms with van der Waals surface area (Å²) in [5, 5.41) is 2.74. The number of nitrogens with one attached hydrogen (secondary N) is 1. The van der Waals surface area contributed by atoms with Crippen LogP contribution in [0.25, 0.3) is 0 Å². The van der Waals surface area contributed by atoms with E-state index in [1.807, 2.05) is 30.3 Å². The molecule has 2 aromatic rings. The first-order valence-corrected chi connectivity index (χ1v) is 7.47. The summed E-state index contributed by atoms with van der Waals surface area (Å²) in [5.41, 5.74) is 2.85. The number of hydrogen-bond acceptors (Lipinski definition) is 3. The van der Waals surface area contributed by atoms with Gasteiger partial charge in [-0.2, -0.15) is 0 Å². The first-order chi connectivity index (χ1) is 11.2. The fraction of sp³-hybridized carbons (Fsp3) is 0.158. The van der Waals surface area contributed by atoms with Crippen LogP contribution in [0.1, 0.15) is 37.9 Å². The second kappa shape index (κ2) is 6.48. The molecule has 0 aliphatic carbocycles. The number of rotatable bonds is 4. The number of fused-ring (bicyclic) bond motifs is 1. The number of ether oxygens (including phenoxy) is 1. The van der Waals surface area contributed by atoms with Crippen LogP contribution >= 0.6 is 0 Å². The van der Waals surface area contributed by atoms with Gasteiger partial charge in [-0.05, 0) is 29.3 Å². The van der Waals surface area contributed by atoms with E-state index >= 15 is 0 Å². The molecule has 1 N–H and O–H groups in total. The molecule has 3 rings (SSSR count). The monoisotopic (exact) mass is 307 g/mol. The Morgan fingerprint density at radius 2 is 2.04 bits per heavy atom. The molecule has 0 unspecified atom stereocenters. The second-order valence-corrected chi connectivity index (χ2v) is 5.38. The average Bonchev–Trinajstić information content (AvgIpc) is 2.59. The fourth-order valence-electron chi connectivity index (χ4n) is 2.66. The minimum Gasteiger partial charge on any atom is -0.454 e. The summed E-state index contributed by atoms with van der Waals surface area (Å²) in [6.45, 7) is 3.98. The smallest absolute Gasteiger partial charge is 0.339 e. The highest BCUT2D eigenvalue weighted by molar-refractivity contribution is 5.97. The van der Waals surface area contributed by atoms with Crippen LogP contribution < -0.4 is 5.32 Å². The molecule has 0 fully saturated rings. The summed E-state index contributed by atoms with van der Waals surface area (Å²) in [6, 6.07) is 14.7. The van der Waals surface area contributed by atoms with Crippen molar-refractivity contribution in [3.8, 4) is 0 Å². The third-order valence-corrected chi connectivity index (χ3v) is 3.82. The average molecular weight is 307 g/mol. The zero-order valence-electron chi connectivity index (χ0n) is 12.6. The minimum atomic E-state index is -0.349. The number of esters is 1. The zero-order valence-corrected chi connectivity index (χ0v) is 12.6. The van der Waals surface area contributed by atoms with E-state index < -0.39 is 0 Å². The van der Waals surface area contributed by atoms with E-state index in [0.717, 1.165) is 11.1 Å². The summed E-state index contributed by atoms with van der Waals surface area (Å²) >= 11 is 0. The SMILES string of the molecule is C=CCNC(=O)c1ccc2c(c1)C[C@@H](c1ccccc1)OC2=O. The third kappa shape index (κ3) is 3.16. The number of carbonyl (C=O) groups is 2. The molecule has 2 aromatic carbocycles. The van der Waals surface area contributed by atoms with Gasteiger partial charge in [0, 0.05) is 18.5 Å². The highest BCUT2D eigenvalue weighted by atomic mass is 16.5. The van der Waals surface area contributed by atoms with Crippen molar-refractivity contribution in [2.75, 3.05) is 6.54 Å². The molecular weight excluding hydrogens is 290 g/mol. The predicted octanol–water partition coefficient (Wildman–Crippen LogP) is 3.06. The normalized spacial score (nSPS) is 16.2. The molecule has 4 heteroatoms. The predicted molar refractivity (Wildman–Crippen MR) is 87.3 cm³/mol. The lowest BCUT2D eigenvalue weighted by Gasteiger charge is -2.25. The number of hydrogen-bond donors (Lipinski definition) is 1. The Morgan fingerprint density at radius 3 is 2.78 bits per heavy atom. The van der Waals surface area contributed by atoms with Gasteiger partial charge in [-0.25, -0.2) is 4.79 Å². The summed E-state index contributed by atoms with van der Waals surface area (Å²) in [5.74, 6) is -0.527. The van der Waals surface area contributed by atoms with E-state index in [1.54, 1.807) is 24.3 Å². The van der Waals surface area contributed by atoms with Gasteiger partial charge in [-0.3, -0.25) is 4.79 Å². The van der Waals surface area contributed by atoms with Crippen LogP contribution in [0.5, 0.6) is 0 Å². The van der Waals surface area contributed by atoms with Gasteiger partial charge in [-0.1, -0.05) is 36.4 Å². The quantitative estimate of drug-likeness (QED) is 0.697. The molecule has 0 bridgehead atoms. The molecule has 0 saturated heterocycles. The Morgan fingerprint density at radius 1 is 1.26 bits per heavy atom. The molecule has 0 aromatic heterocycles. The van der Waals surface area contributed by atoms with Gasteiger partial charge in [0.25, 0.3) is 5.91 Å². The molecule has 1 aliphatic heterocycles. The van der Waals surface area contributed by atoms with Crippen molar-refractivity contribution in [2.45, 2.75) is 12.5 Å². The lowest BCUT2D eigenvalue weighted by Crippen LogP contribution is -2.25. The molecule has 0 radical (unpaired) electrons. The van der Waals surface area contributed by atoms with Gasteiger partial charge in [0.2, 0.25) is 0 Å². The molecule has 1 aliphatic rings. The lowest BCUT2D eigenvalue weighted by atomic mass is 9.93. The Balaban J connectivity index is 1.88. The number of benzene rings is 2. The summed E-state index contributed by atoms with van der Waals surface area (Å²) in [4.78, 5) is 24.2. The summed E-state index contributed by atoms with van der Waals surface area (Å²) in [7, 11) is 0. The topological polar surface area (TPSA) is 55.4 Å². The lowest BCUT2D eigenvalue weighted by molar-refractivity contribution is 0.0252. The number of cyclic esters (lactones) is 1. The van der Waals surface area contributed by atoms with E-state index in [2.05, 4.69) is 11.9 Å². The standard InChI is InChI=1S/C19H17NO3/c1-2-10-20-18(21)14-8-9-16-15(11-14)12-17(23-19(16)22)13-6-4-3-5-7-13/h2-9,11,17H,1,10,12H2,(H,20,21)/t17-/m0/s1. The van der Waals surface area contributed by atoms with Crippen LogP contribution in [0, 0.1) is 0 Å². The van der Waals surface area contributed by atoms with E-state index in [-0.39, 0.29) is 18.0 Å². The molecule has 0 saturated carbocycles. The van der Waals surface area contributed by atoms with Gasteiger partial charge in [0.15, 0.2) is 0 Å². The van der Waals surface area contributed by atoms with Gasteiger partial charge < -0.3 is 10.1 Å². The van der Waals surface area contributed by atoms with Crippen molar-refractivity contribution < 1.29 is 14.3 Å². The minimum absolute atomic E-state index is 0.178. The number of amides is 1. The Kier molecular flexibility index (Phi) is 4.24. The van der Waals surface area contributed by atoms with Crippen LogP contribution in [0.15, 0.2) is 61.2 Å². The van der Waals surface area contributed by atoms with Gasteiger partial charge in [-0.15, -0.1) is 6.58 Å². The Bertz CT molecular complexity index is 752. The van der Waals surface area contributed by atoms with E-state index in [1.165, 1.54) is 0 Å². The maximum Gasteiger partial charge on any atom is 0.339 e. The van der Waals surface area contributed by atoms with Gasteiger partial charge in [0.05, 0.1) is 5.56 Å². The first kappa shape index (κ1) is 15.0. The van der Waals surface area contributed by atoms with Crippen molar-refractivity contribution in [3.63, 3.8) is 0 Å². The summed E-state index contributed by atoms with van der Waals surface area (Å²) in [6.07, 6.45) is 1.87. The Hall–Kier alpha value is -2.88. The van der Waals surface area contributed by atoms with Crippen LogP contribution in [-0.4, -0.2) is 18.4 Å². The van der Waals surface area contributed by atoms with Gasteiger partial charge in [0.1, 0.15) is 6.10 Å². The zero-order chi connectivity index (χ0) is 16.2. The van der Waals surface area contributed by atoms with Crippen LogP contribution in [0.3, 0.4) is 0 Å². The third-order valence-electron chi connectivity index (χ3n) is 3.82. The second-order valence-electron chi connectivity index (χ2n) is 5.38. The fourth-order valence-corrected chi connectivity index (χ4v) is 2.66. The molecular formula is C19H17NO3. The maximum absolute atomic E-state index is 12.2. The van der Waals surface area contributed by atoms with E-state index in [4.69, 9.17) is 4.74 Å². The van der Waals surface area contributed by atoms with E-state index in [9.17, 15) is 9.59 Å². The maximum atomic E-state index is 12.2. The van der Waals surface area contributed by atoms with Crippen molar-refractivity contribution in [1.82, 2.24) is 5.32 Å². The molecule has 0 spiro atoms. The van der Waals surface area contributed by atoms with Crippen molar-refractivity contribution in [3.05, 3.63) is 83.4 Å². The largest absolute Gasteiger partial charge is 0.454 e. The van der Waals surface area contributed by atoms with Crippen LogP contribution in [0.4, 0.5) is 0 Å². The molecule has 116 valence electrons. The Labute approximate surface area is 134 Å². The van der Waals surface area contributed by atoms with Crippen molar-refractivity contribution in [1.29, 1.82) is 0 Å². The molecule has 1 atom stereocenters. The first-order valence-electron chi connectivity index (χ1n) is 7.47. The summed E-state index contributed by atoms with van der Waals surface area (Å²) < 4.78 is 5.51. The van der Waals surface area contributed by atoms with Crippen LogP contribution in [0.2, 0.25) is 0 Å². The van der Waals surface area contributed by atoms with Gasteiger partial charge >= 0.3 is 5.97 Å².